The van der Waals surface area contributed by atoms with Gasteiger partial charge in [-0.2, -0.15) is 0 Å². The molecule has 0 aromatic heterocycles. The van der Waals surface area contributed by atoms with Crippen molar-refractivity contribution in [1.29, 1.82) is 0 Å². The summed E-state index contributed by atoms with van der Waals surface area (Å²) in [6.45, 7) is 14.4. The Balaban J connectivity index is 2.03. The van der Waals surface area contributed by atoms with E-state index in [1.807, 2.05) is 31.1 Å². The van der Waals surface area contributed by atoms with Gasteiger partial charge in [0.2, 0.25) is 5.91 Å². The van der Waals surface area contributed by atoms with E-state index >= 15 is 0 Å². The van der Waals surface area contributed by atoms with Crippen LogP contribution in [0, 0.1) is 19.8 Å². The second-order valence-corrected chi connectivity index (χ2v) is 9.92. The van der Waals surface area contributed by atoms with Gasteiger partial charge in [0.15, 0.2) is 5.17 Å². The van der Waals surface area contributed by atoms with Gasteiger partial charge in [0.05, 0.1) is 29.8 Å². The number of carbonyl (C=O) groups is 2. The Hall–Kier alpha value is -2.54. The molecule has 0 aliphatic carbocycles. The molecule has 6 nitrogen and oxygen atoms in total. The molecule has 0 spiro atoms. The van der Waals surface area contributed by atoms with E-state index in [9.17, 15) is 9.59 Å². The molecule has 172 valence electrons. The lowest BCUT2D eigenvalue weighted by Gasteiger charge is -2.37. The summed E-state index contributed by atoms with van der Waals surface area (Å²) in [5, 5.41) is 5.73. The van der Waals surface area contributed by atoms with Gasteiger partial charge in [0.25, 0.3) is 0 Å². The predicted octanol–water partition coefficient (Wildman–Crippen LogP) is 4.99. The van der Waals surface area contributed by atoms with Crippen LogP contribution in [0.5, 0.6) is 0 Å². The maximum atomic E-state index is 13.2. The predicted molar refractivity (Wildman–Crippen MR) is 130 cm³/mol. The van der Waals surface area contributed by atoms with Gasteiger partial charge < -0.3 is 15.0 Å². The molecule has 1 N–H and O–H groups in total. The Bertz CT molecular complexity index is 1010. The first-order chi connectivity index (χ1) is 15.1. The number of rotatable bonds is 7. The van der Waals surface area contributed by atoms with Crippen LogP contribution in [0.2, 0.25) is 0 Å². The van der Waals surface area contributed by atoms with E-state index in [1.54, 1.807) is 0 Å². The number of aryl methyl sites for hydroxylation is 2. The summed E-state index contributed by atoms with van der Waals surface area (Å²) >= 11 is 1.49. The third-order valence-corrected chi connectivity index (χ3v) is 6.22. The van der Waals surface area contributed by atoms with Gasteiger partial charge in [-0.05, 0) is 57.1 Å². The summed E-state index contributed by atoms with van der Waals surface area (Å²) in [5.74, 6) is -0.0292. The highest BCUT2D eigenvalue weighted by Gasteiger charge is 2.41. The first-order valence-electron chi connectivity index (χ1n) is 11.1. The minimum Gasteiger partial charge on any atom is -0.459 e. The number of esters is 1. The number of aliphatic imine (C=N–C) groups is 1. The van der Waals surface area contributed by atoms with Crippen LogP contribution in [0.25, 0.3) is 0 Å². The molecule has 1 amide bonds. The van der Waals surface area contributed by atoms with Gasteiger partial charge in [0.1, 0.15) is 0 Å². The Morgan fingerprint density at radius 2 is 1.91 bits per heavy atom. The minimum atomic E-state index is -0.395. The molecule has 1 aromatic carbocycles. The number of fused-ring (bicyclic) bond motifs is 1. The van der Waals surface area contributed by atoms with Crippen molar-refractivity contribution in [2.75, 3.05) is 6.54 Å². The number of hydrogen-bond acceptors (Lipinski definition) is 6. The molecule has 7 heteroatoms. The van der Waals surface area contributed by atoms with Crippen LogP contribution in [0.4, 0.5) is 0 Å². The van der Waals surface area contributed by atoms with Crippen molar-refractivity contribution in [3.05, 3.63) is 57.3 Å². The summed E-state index contributed by atoms with van der Waals surface area (Å²) in [6, 6.07) is 5.83. The first-order valence-corrected chi connectivity index (χ1v) is 12.0. The van der Waals surface area contributed by atoms with Crippen LogP contribution >= 0.6 is 11.8 Å². The molecule has 1 aromatic rings. The fraction of sp³-hybridized carbons (Fsp3) is 0.480. The van der Waals surface area contributed by atoms with Crippen LogP contribution in [0.1, 0.15) is 63.8 Å². The van der Waals surface area contributed by atoms with E-state index < -0.39 is 6.04 Å². The van der Waals surface area contributed by atoms with Gasteiger partial charge in [0, 0.05) is 12.2 Å². The summed E-state index contributed by atoms with van der Waals surface area (Å²) in [4.78, 5) is 32.6. The van der Waals surface area contributed by atoms with Crippen LogP contribution < -0.4 is 5.32 Å². The Kier molecular flexibility index (Phi) is 7.49. The number of nitrogens with zero attached hydrogens (tertiary/aromatic N) is 2. The van der Waals surface area contributed by atoms with Gasteiger partial charge >= 0.3 is 5.97 Å². The molecule has 2 heterocycles. The number of amides is 1. The number of hydrogen-bond donors (Lipinski definition) is 1. The van der Waals surface area contributed by atoms with E-state index in [4.69, 9.17) is 9.73 Å². The van der Waals surface area contributed by atoms with Crippen molar-refractivity contribution >= 4 is 28.8 Å². The Morgan fingerprint density at radius 1 is 1.19 bits per heavy atom. The topological polar surface area (TPSA) is 71.0 Å². The molecule has 0 bridgehead atoms. The van der Waals surface area contributed by atoms with Crippen molar-refractivity contribution in [1.82, 2.24) is 10.2 Å². The quantitative estimate of drug-likeness (QED) is 0.587. The van der Waals surface area contributed by atoms with E-state index in [0.717, 1.165) is 27.6 Å². The molecular weight excluding hydrogens is 422 g/mol. The molecule has 0 saturated carbocycles. The molecule has 0 radical (unpaired) electrons. The number of carbonyl (C=O) groups excluding carboxylic acids is 2. The molecule has 2 aliphatic rings. The second kappa shape index (κ2) is 9.94. The van der Waals surface area contributed by atoms with Gasteiger partial charge in [-0.3, -0.25) is 4.79 Å². The number of nitrogens with one attached hydrogen (secondary N) is 1. The van der Waals surface area contributed by atoms with Gasteiger partial charge in [-0.1, -0.05) is 49.4 Å². The van der Waals surface area contributed by atoms with Gasteiger partial charge in [-0.15, -0.1) is 0 Å². The number of allylic oxidation sites excluding steroid dienone is 1. The van der Waals surface area contributed by atoms with Crippen molar-refractivity contribution < 1.29 is 14.3 Å². The molecule has 0 saturated heterocycles. The van der Waals surface area contributed by atoms with Crippen molar-refractivity contribution in [3.8, 4) is 0 Å². The highest BCUT2D eigenvalue weighted by Crippen LogP contribution is 2.45. The van der Waals surface area contributed by atoms with Crippen molar-refractivity contribution in [2.45, 2.75) is 67.0 Å². The zero-order chi connectivity index (χ0) is 23.6. The summed E-state index contributed by atoms with van der Waals surface area (Å²) in [7, 11) is 0. The van der Waals surface area contributed by atoms with Crippen LogP contribution in [-0.2, 0) is 14.3 Å². The minimum absolute atomic E-state index is 0.0382. The molecule has 3 rings (SSSR count). The Labute approximate surface area is 195 Å². The average Bonchev–Trinajstić information content (AvgIpc) is 3.07. The lowest BCUT2D eigenvalue weighted by Crippen LogP contribution is -2.39. The fourth-order valence-electron chi connectivity index (χ4n) is 3.88. The first kappa shape index (κ1) is 24.1. The van der Waals surface area contributed by atoms with E-state index in [-0.39, 0.29) is 24.4 Å². The number of thioether (sulfide) groups is 1. The normalized spacial score (nSPS) is 18.0. The SMILES string of the molecule is CC1=C(C(=O)OC(C)C)C(c2ccc(C)cc2C)N2C(CC(=O)NCC(C)C)=CSC2=N1. The third kappa shape index (κ3) is 5.26. The maximum absolute atomic E-state index is 13.2. The highest BCUT2D eigenvalue weighted by atomic mass is 32.2. The number of amidine groups is 1. The summed E-state index contributed by atoms with van der Waals surface area (Å²) in [6.07, 6.45) is -0.0103. The maximum Gasteiger partial charge on any atom is 0.338 e. The van der Waals surface area contributed by atoms with Crippen molar-refractivity contribution in [3.63, 3.8) is 0 Å². The van der Waals surface area contributed by atoms with Crippen LogP contribution in [0.3, 0.4) is 0 Å². The Morgan fingerprint density at radius 3 is 2.53 bits per heavy atom. The van der Waals surface area contributed by atoms with Gasteiger partial charge in [-0.25, -0.2) is 9.79 Å². The zero-order valence-electron chi connectivity index (χ0n) is 20.0. The molecular formula is C25H33N3O3S. The van der Waals surface area contributed by atoms with Crippen molar-refractivity contribution in [2.24, 2.45) is 10.9 Å². The van der Waals surface area contributed by atoms with Crippen LogP contribution in [0.15, 0.2) is 45.6 Å². The monoisotopic (exact) mass is 455 g/mol. The summed E-state index contributed by atoms with van der Waals surface area (Å²) < 4.78 is 5.61. The molecule has 0 fully saturated rings. The third-order valence-electron chi connectivity index (χ3n) is 5.33. The number of ether oxygens (including phenoxy) is 1. The lowest BCUT2D eigenvalue weighted by molar-refractivity contribution is -0.143. The zero-order valence-corrected chi connectivity index (χ0v) is 20.8. The number of benzene rings is 1. The largest absolute Gasteiger partial charge is 0.459 e. The van der Waals surface area contributed by atoms with Crippen LogP contribution in [-0.4, -0.2) is 34.6 Å². The average molecular weight is 456 g/mol. The molecule has 1 atom stereocenters. The van der Waals surface area contributed by atoms with E-state index in [2.05, 4.69) is 51.2 Å². The molecule has 1 unspecified atom stereocenters. The lowest BCUT2D eigenvalue weighted by atomic mass is 9.90. The summed E-state index contributed by atoms with van der Waals surface area (Å²) in [5.41, 5.74) is 5.25. The smallest absolute Gasteiger partial charge is 0.338 e. The molecule has 2 aliphatic heterocycles. The standard InChI is InChI=1S/C25H33N3O3S/c1-14(2)12-26-21(29)11-19-13-32-25-27-18(7)22(24(30)31-15(3)4)23(28(19)25)20-9-8-16(5)10-17(20)6/h8-10,13-15,23H,11-12H2,1-7H3,(H,26,29). The van der Waals surface area contributed by atoms with E-state index in [1.165, 1.54) is 11.8 Å². The fourth-order valence-corrected chi connectivity index (χ4v) is 4.84. The highest BCUT2D eigenvalue weighted by molar-refractivity contribution is 8.16. The molecule has 32 heavy (non-hydrogen) atoms. The second-order valence-electron chi connectivity index (χ2n) is 9.08. The van der Waals surface area contributed by atoms with E-state index in [0.29, 0.717) is 23.7 Å².